The van der Waals surface area contributed by atoms with Crippen LogP contribution in [-0.2, 0) is 5.41 Å². The number of aromatic amines is 1. The molecule has 2 rings (SSSR count). The van der Waals surface area contributed by atoms with E-state index in [9.17, 15) is 0 Å². The Bertz CT molecular complexity index is 572. The van der Waals surface area contributed by atoms with E-state index in [1.807, 2.05) is 20.0 Å². The van der Waals surface area contributed by atoms with Gasteiger partial charge in [-0.2, -0.15) is 0 Å². The van der Waals surface area contributed by atoms with Gasteiger partial charge in [-0.15, -0.1) is 5.10 Å². The molecule has 0 saturated carbocycles. The van der Waals surface area contributed by atoms with E-state index >= 15 is 0 Å². The molecule has 2 heterocycles. The lowest BCUT2D eigenvalue weighted by Gasteiger charge is -2.18. The highest BCUT2D eigenvalue weighted by Gasteiger charge is 2.19. The molecule has 0 spiro atoms. The van der Waals surface area contributed by atoms with E-state index in [2.05, 4.69) is 51.2 Å². The molecule has 0 saturated heterocycles. The quantitative estimate of drug-likeness (QED) is 0.839. The van der Waals surface area contributed by atoms with Gasteiger partial charge in [0.2, 0.25) is 5.16 Å². The number of hydrogen-bond donors (Lipinski definition) is 2. The molecule has 2 aromatic rings. The summed E-state index contributed by atoms with van der Waals surface area (Å²) in [6.45, 7) is 8.14. The Kier molecular flexibility index (Phi) is 3.75. The number of rotatable bonds is 3. The molecule has 0 aliphatic carbocycles. The topological polar surface area (TPSA) is 79.4 Å². The zero-order valence-electron chi connectivity index (χ0n) is 11.8. The number of aromatic nitrogens is 5. The van der Waals surface area contributed by atoms with Crippen molar-refractivity contribution < 1.29 is 0 Å². The standard InChI is InChI=1S/C12H18N6S/c1-7-14-11(18-17-7)19-9-6-8(13-5)15-10(16-9)12(2,3)4/h6H,1-5H3,(H,13,15,16)(H,14,17,18). The predicted octanol–water partition coefficient (Wildman–Crippen LogP) is 2.39. The highest BCUT2D eigenvalue weighted by molar-refractivity contribution is 7.99. The van der Waals surface area contributed by atoms with Crippen LogP contribution in [0.1, 0.15) is 32.4 Å². The van der Waals surface area contributed by atoms with Crippen molar-refractivity contribution >= 4 is 17.6 Å². The molecule has 7 heteroatoms. The minimum Gasteiger partial charge on any atom is -0.373 e. The number of aryl methyl sites for hydroxylation is 1. The molecule has 0 aromatic carbocycles. The summed E-state index contributed by atoms with van der Waals surface area (Å²) in [6, 6.07) is 1.89. The molecule has 19 heavy (non-hydrogen) atoms. The second kappa shape index (κ2) is 5.16. The Balaban J connectivity index is 2.34. The normalized spacial score (nSPS) is 11.6. The van der Waals surface area contributed by atoms with Crippen LogP contribution in [0.2, 0.25) is 0 Å². The monoisotopic (exact) mass is 278 g/mol. The molecule has 0 bridgehead atoms. The number of nitrogens with zero attached hydrogens (tertiary/aromatic N) is 4. The van der Waals surface area contributed by atoms with Gasteiger partial charge in [0.05, 0.1) is 0 Å². The van der Waals surface area contributed by atoms with Crippen molar-refractivity contribution in [3.63, 3.8) is 0 Å². The Morgan fingerprint density at radius 2 is 1.95 bits per heavy atom. The molecule has 2 N–H and O–H groups in total. The van der Waals surface area contributed by atoms with Crippen LogP contribution in [-0.4, -0.2) is 32.2 Å². The van der Waals surface area contributed by atoms with E-state index in [4.69, 9.17) is 0 Å². The summed E-state index contributed by atoms with van der Waals surface area (Å²) in [6.07, 6.45) is 0. The number of anilines is 1. The third kappa shape index (κ3) is 3.44. The fourth-order valence-electron chi connectivity index (χ4n) is 1.40. The molecule has 0 unspecified atom stereocenters. The summed E-state index contributed by atoms with van der Waals surface area (Å²) in [5, 5.41) is 11.5. The van der Waals surface area contributed by atoms with Gasteiger partial charge in [0.15, 0.2) is 0 Å². The zero-order valence-corrected chi connectivity index (χ0v) is 12.6. The Labute approximate surface area is 116 Å². The summed E-state index contributed by atoms with van der Waals surface area (Å²) in [4.78, 5) is 13.3. The molecule has 0 aliphatic rings. The van der Waals surface area contributed by atoms with Crippen molar-refractivity contribution in [2.75, 3.05) is 12.4 Å². The number of hydrogen-bond acceptors (Lipinski definition) is 6. The first kappa shape index (κ1) is 13.8. The first-order valence-corrected chi connectivity index (χ1v) is 6.84. The molecule has 102 valence electrons. The fourth-order valence-corrected chi connectivity index (χ4v) is 2.17. The average Bonchev–Trinajstić information content (AvgIpc) is 2.73. The van der Waals surface area contributed by atoms with Crippen LogP contribution in [0.15, 0.2) is 16.2 Å². The molecule has 0 fully saturated rings. The summed E-state index contributed by atoms with van der Waals surface area (Å²) in [5.74, 6) is 2.39. The first-order chi connectivity index (χ1) is 8.88. The smallest absolute Gasteiger partial charge is 0.214 e. The van der Waals surface area contributed by atoms with E-state index in [0.29, 0.717) is 5.16 Å². The van der Waals surface area contributed by atoms with E-state index in [1.54, 1.807) is 0 Å². The van der Waals surface area contributed by atoms with Crippen LogP contribution in [0.25, 0.3) is 0 Å². The van der Waals surface area contributed by atoms with Gasteiger partial charge in [-0.3, -0.25) is 5.10 Å². The molecule has 6 nitrogen and oxygen atoms in total. The SMILES string of the molecule is CNc1cc(Sc2n[nH]c(C)n2)nc(C(C)(C)C)n1. The van der Waals surface area contributed by atoms with Crippen molar-refractivity contribution in [1.82, 2.24) is 25.1 Å². The Hall–Kier alpha value is -1.63. The van der Waals surface area contributed by atoms with Gasteiger partial charge >= 0.3 is 0 Å². The second-order valence-corrected chi connectivity index (χ2v) is 6.21. The van der Waals surface area contributed by atoms with Gasteiger partial charge in [-0.25, -0.2) is 15.0 Å². The van der Waals surface area contributed by atoms with Crippen LogP contribution in [0.4, 0.5) is 5.82 Å². The lowest BCUT2D eigenvalue weighted by Crippen LogP contribution is -2.17. The summed E-state index contributed by atoms with van der Waals surface area (Å²) in [7, 11) is 1.85. The van der Waals surface area contributed by atoms with Gasteiger partial charge in [-0.05, 0) is 18.7 Å². The third-order valence-electron chi connectivity index (χ3n) is 2.40. The van der Waals surface area contributed by atoms with Crippen molar-refractivity contribution in [3.8, 4) is 0 Å². The maximum absolute atomic E-state index is 4.58. The van der Waals surface area contributed by atoms with Gasteiger partial charge < -0.3 is 5.32 Å². The lowest BCUT2D eigenvalue weighted by molar-refractivity contribution is 0.539. The Morgan fingerprint density at radius 3 is 2.47 bits per heavy atom. The van der Waals surface area contributed by atoms with Gasteiger partial charge in [0.25, 0.3) is 0 Å². The van der Waals surface area contributed by atoms with Crippen molar-refractivity contribution in [2.45, 2.75) is 43.3 Å². The maximum Gasteiger partial charge on any atom is 0.214 e. The molecule has 0 atom stereocenters. The minimum absolute atomic E-state index is 0.100. The lowest BCUT2D eigenvalue weighted by atomic mass is 9.96. The summed E-state index contributed by atoms with van der Waals surface area (Å²) < 4.78 is 0. The molecule has 0 radical (unpaired) electrons. The van der Waals surface area contributed by atoms with E-state index in [0.717, 1.165) is 22.5 Å². The molecule has 2 aromatic heterocycles. The first-order valence-electron chi connectivity index (χ1n) is 6.02. The van der Waals surface area contributed by atoms with Crippen LogP contribution in [0, 0.1) is 6.92 Å². The molecule has 0 aliphatic heterocycles. The second-order valence-electron chi connectivity index (χ2n) is 5.22. The number of H-pyrrole nitrogens is 1. The van der Waals surface area contributed by atoms with Crippen LogP contribution in [0.5, 0.6) is 0 Å². The minimum atomic E-state index is -0.100. The highest BCUT2D eigenvalue weighted by atomic mass is 32.2. The van der Waals surface area contributed by atoms with Crippen molar-refractivity contribution in [1.29, 1.82) is 0 Å². The average molecular weight is 278 g/mol. The van der Waals surface area contributed by atoms with Crippen LogP contribution in [0.3, 0.4) is 0 Å². The third-order valence-corrected chi connectivity index (χ3v) is 3.19. The fraction of sp³-hybridized carbons (Fsp3) is 0.500. The molecule has 0 amide bonds. The van der Waals surface area contributed by atoms with Gasteiger partial charge in [0.1, 0.15) is 22.5 Å². The predicted molar refractivity (Wildman–Crippen MR) is 75.5 cm³/mol. The summed E-state index contributed by atoms with van der Waals surface area (Å²) >= 11 is 1.42. The van der Waals surface area contributed by atoms with E-state index in [1.165, 1.54) is 11.8 Å². The van der Waals surface area contributed by atoms with Gasteiger partial charge in [-0.1, -0.05) is 20.8 Å². The molecular weight excluding hydrogens is 260 g/mol. The van der Waals surface area contributed by atoms with Crippen LogP contribution >= 0.6 is 11.8 Å². The van der Waals surface area contributed by atoms with Crippen LogP contribution < -0.4 is 5.32 Å². The van der Waals surface area contributed by atoms with Gasteiger partial charge in [0, 0.05) is 18.5 Å². The van der Waals surface area contributed by atoms with Crippen molar-refractivity contribution in [3.05, 3.63) is 17.7 Å². The Morgan fingerprint density at radius 1 is 1.21 bits per heavy atom. The van der Waals surface area contributed by atoms with Crippen molar-refractivity contribution in [2.24, 2.45) is 0 Å². The van der Waals surface area contributed by atoms with E-state index < -0.39 is 0 Å². The van der Waals surface area contributed by atoms with E-state index in [-0.39, 0.29) is 5.41 Å². The zero-order chi connectivity index (χ0) is 14.0. The molecular formula is C12H18N6S. The largest absolute Gasteiger partial charge is 0.373 e. The summed E-state index contributed by atoms with van der Waals surface area (Å²) in [5.41, 5.74) is -0.100. The highest BCUT2D eigenvalue weighted by Crippen LogP contribution is 2.27. The maximum atomic E-state index is 4.58. The number of nitrogens with one attached hydrogen (secondary N) is 2.